The van der Waals surface area contributed by atoms with Gasteiger partial charge in [0.05, 0.1) is 0 Å². The van der Waals surface area contributed by atoms with Crippen molar-refractivity contribution < 1.29 is 9.18 Å². The Kier molecular flexibility index (Phi) is 6.76. The number of hydrogen-bond donors (Lipinski definition) is 1. The van der Waals surface area contributed by atoms with Crippen molar-refractivity contribution in [3.8, 4) is 0 Å². The number of nitrogens with zero attached hydrogens (tertiary/aromatic N) is 1. The number of benzene rings is 2. The maximum atomic E-state index is 12.8. The summed E-state index contributed by atoms with van der Waals surface area (Å²) in [6, 6.07) is 16.4. The van der Waals surface area contributed by atoms with E-state index in [4.69, 9.17) is 0 Å². The van der Waals surface area contributed by atoms with Crippen molar-refractivity contribution in [1.29, 1.82) is 0 Å². The molecule has 23 heavy (non-hydrogen) atoms. The predicted molar refractivity (Wildman–Crippen MR) is 90.3 cm³/mol. The Morgan fingerprint density at radius 2 is 1.74 bits per heavy atom. The minimum absolute atomic E-state index is 0.0147. The van der Waals surface area contributed by atoms with E-state index in [1.807, 2.05) is 18.2 Å². The van der Waals surface area contributed by atoms with Gasteiger partial charge in [-0.15, -0.1) is 0 Å². The number of hydrogen-bond acceptors (Lipinski definition) is 2. The first kappa shape index (κ1) is 17.2. The summed E-state index contributed by atoms with van der Waals surface area (Å²) >= 11 is 0. The highest BCUT2D eigenvalue weighted by Crippen LogP contribution is 2.05. The molecule has 0 unspecified atom stereocenters. The zero-order valence-corrected chi connectivity index (χ0v) is 13.5. The second-order valence-corrected chi connectivity index (χ2v) is 5.51. The smallest absolute Gasteiger partial charge is 0.221 e. The average Bonchev–Trinajstić information content (AvgIpc) is 2.59. The molecule has 2 rings (SSSR count). The van der Waals surface area contributed by atoms with Gasteiger partial charge < -0.3 is 5.32 Å². The highest BCUT2D eigenvalue weighted by atomic mass is 19.1. The van der Waals surface area contributed by atoms with E-state index in [-0.39, 0.29) is 11.7 Å². The van der Waals surface area contributed by atoms with E-state index >= 15 is 0 Å². The monoisotopic (exact) mass is 314 g/mol. The minimum atomic E-state index is -0.264. The summed E-state index contributed by atoms with van der Waals surface area (Å²) in [6.45, 7) is 5.01. The van der Waals surface area contributed by atoms with Crippen LogP contribution >= 0.6 is 0 Å². The summed E-state index contributed by atoms with van der Waals surface area (Å²) in [5.41, 5.74) is 2.15. The SMILES string of the molecule is CCN(CCC(=O)NCc1ccc(F)cc1)Cc1ccccc1. The molecule has 2 aromatic carbocycles. The Bertz CT molecular complexity index is 599. The second-order valence-electron chi connectivity index (χ2n) is 5.51. The maximum Gasteiger partial charge on any atom is 0.221 e. The highest BCUT2D eigenvalue weighted by molar-refractivity contribution is 5.76. The van der Waals surface area contributed by atoms with Gasteiger partial charge in [0.15, 0.2) is 0 Å². The molecule has 1 N–H and O–H groups in total. The molecule has 0 saturated heterocycles. The van der Waals surface area contributed by atoms with Crippen LogP contribution in [-0.2, 0) is 17.9 Å². The normalized spacial score (nSPS) is 10.7. The van der Waals surface area contributed by atoms with Crippen LogP contribution in [0.25, 0.3) is 0 Å². The summed E-state index contributed by atoms with van der Waals surface area (Å²) in [6.07, 6.45) is 0.460. The first-order chi connectivity index (χ1) is 11.2. The van der Waals surface area contributed by atoms with Gasteiger partial charge in [-0.05, 0) is 29.8 Å². The van der Waals surface area contributed by atoms with Crippen LogP contribution in [0.15, 0.2) is 54.6 Å². The van der Waals surface area contributed by atoms with Crippen LogP contribution in [0.1, 0.15) is 24.5 Å². The summed E-state index contributed by atoms with van der Waals surface area (Å²) in [7, 11) is 0. The predicted octanol–water partition coefficient (Wildman–Crippen LogP) is 3.35. The molecule has 0 aliphatic heterocycles. The van der Waals surface area contributed by atoms with Crippen molar-refractivity contribution in [2.24, 2.45) is 0 Å². The Labute approximate surface area is 137 Å². The van der Waals surface area contributed by atoms with Gasteiger partial charge in [0.1, 0.15) is 5.82 Å². The van der Waals surface area contributed by atoms with Crippen molar-refractivity contribution in [3.63, 3.8) is 0 Å². The molecule has 0 aliphatic carbocycles. The summed E-state index contributed by atoms with van der Waals surface area (Å²) in [4.78, 5) is 14.2. The topological polar surface area (TPSA) is 32.3 Å². The van der Waals surface area contributed by atoms with E-state index in [0.29, 0.717) is 13.0 Å². The number of carbonyl (C=O) groups excluding carboxylic acids is 1. The molecule has 0 fully saturated rings. The van der Waals surface area contributed by atoms with Gasteiger partial charge in [0.25, 0.3) is 0 Å². The number of halogens is 1. The lowest BCUT2D eigenvalue weighted by molar-refractivity contribution is -0.121. The second kappa shape index (κ2) is 9.06. The van der Waals surface area contributed by atoms with Crippen molar-refractivity contribution in [2.75, 3.05) is 13.1 Å². The lowest BCUT2D eigenvalue weighted by Gasteiger charge is -2.20. The Hall–Kier alpha value is -2.20. The molecule has 0 aliphatic rings. The van der Waals surface area contributed by atoms with Crippen LogP contribution in [0, 0.1) is 5.82 Å². The molecule has 0 radical (unpaired) electrons. The number of rotatable bonds is 8. The van der Waals surface area contributed by atoms with Crippen LogP contribution in [0.5, 0.6) is 0 Å². The molecule has 1 amide bonds. The Balaban J connectivity index is 1.72. The largest absolute Gasteiger partial charge is 0.352 e. The molecule has 0 heterocycles. The maximum absolute atomic E-state index is 12.8. The van der Waals surface area contributed by atoms with E-state index in [9.17, 15) is 9.18 Å². The summed E-state index contributed by atoms with van der Waals surface area (Å²) in [5, 5.41) is 2.87. The Morgan fingerprint density at radius 3 is 2.39 bits per heavy atom. The third kappa shape index (κ3) is 6.20. The fraction of sp³-hybridized carbons (Fsp3) is 0.316. The number of amides is 1. The standard InChI is InChI=1S/C19H23FN2O/c1-2-22(15-17-6-4-3-5-7-17)13-12-19(23)21-14-16-8-10-18(20)11-9-16/h3-11H,2,12-15H2,1H3,(H,21,23). The van der Waals surface area contributed by atoms with E-state index in [2.05, 4.69) is 29.3 Å². The number of nitrogens with one attached hydrogen (secondary N) is 1. The molecule has 2 aromatic rings. The van der Waals surface area contributed by atoms with Crippen molar-refractivity contribution in [1.82, 2.24) is 10.2 Å². The molecule has 3 nitrogen and oxygen atoms in total. The average molecular weight is 314 g/mol. The molecule has 4 heteroatoms. The van der Waals surface area contributed by atoms with Crippen molar-refractivity contribution >= 4 is 5.91 Å². The van der Waals surface area contributed by atoms with Gasteiger partial charge >= 0.3 is 0 Å². The van der Waals surface area contributed by atoms with Crippen LogP contribution in [0.3, 0.4) is 0 Å². The molecule has 0 aromatic heterocycles. The van der Waals surface area contributed by atoms with Gasteiger partial charge in [-0.25, -0.2) is 4.39 Å². The Morgan fingerprint density at radius 1 is 1.04 bits per heavy atom. The van der Waals surface area contributed by atoms with Crippen molar-refractivity contribution in [3.05, 3.63) is 71.5 Å². The van der Waals surface area contributed by atoms with Crippen LogP contribution in [-0.4, -0.2) is 23.9 Å². The van der Waals surface area contributed by atoms with Crippen molar-refractivity contribution in [2.45, 2.75) is 26.4 Å². The summed E-state index contributed by atoms with van der Waals surface area (Å²) < 4.78 is 12.8. The van der Waals surface area contributed by atoms with E-state index in [0.717, 1.165) is 25.2 Å². The van der Waals surface area contributed by atoms with Gasteiger partial charge in [-0.3, -0.25) is 9.69 Å². The van der Waals surface area contributed by atoms with E-state index in [1.54, 1.807) is 12.1 Å². The molecular formula is C19H23FN2O. The van der Waals surface area contributed by atoms with Crippen LogP contribution < -0.4 is 5.32 Å². The van der Waals surface area contributed by atoms with Gasteiger partial charge in [0, 0.05) is 26.1 Å². The first-order valence-corrected chi connectivity index (χ1v) is 7.95. The fourth-order valence-corrected chi connectivity index (χ4v) is 2.34. The molecule has 122 valence electrons. The van der Waals surface area contributed by atoms with Gasteiger partial charge in [0.2, 0.25) is 5.91 Å². The quantitative estimate of drug-likeness (QED) is 0.810. The third-order valence-corrected chi connectivity index (χ3v) is 3.75. The molecule has 0 spiro atoms. The van der Waals surface area contributed by atoms with Crippen LogP contribution in [0.2, 0.25) is 0 Å². The summed E-state index contributed by atoms with van der Waals surface area (Å²) in [5.74, 6) is -0.250. The number of carbonyl (C=O) groups is 1. The van der Waals surface area contributed by atoms with E-state index < -0.39 is 0 Å². The molecular weight excluding hydrogens is 291 g/mol. The zero-order valence-electron chi connectivity index (χ0n) is 13.5. The van der Waals surface area contributed by atoms with E-state index in [1.165, 1.54) is 17.7 Å². The molecule has 0 saturated carbocycles. The third-order valence-electron chi connectivity index (χ3n) is 3.75. The first-order valence-electron chi connectivity index (χ1n) is 7.95. The molecule has 0 bridgehead atoms. The van der Waals surface area contributed by atoms with Crippen LogP contribution in [0.4, 0.5) is 4.39 Å². The highest BCUT2D eigenvalue weighted by Gasteiger charge is 2.07. The lowest BCUT2D eigenvalue weighted by Crippen LogP contribution is -2.30. The minimum Gasteiger partial charge on any atom is -0.352 e. The van der Waals surface area contributed by atoms with Gasteiger partial charge in [-0.1, -0.05) is 49.4 Å². The zero-order chi connectivity index (χ0) is 16.5. The fourth-order valence-electron chi connectivity index (χ4n) is 2.34. The lowest BCUT2D eigenvalue weighted by atomic mass is 10.2. The van der Waals surface area contributed by atoms with Gasteiger partial charge in [-0.2, -0.15) is 0 Å². The molecule has 0 atom stereocenters.